The number of benzene rings is 1. The van der Waals surface area contributed by atoms with Crippen LogP contribution in [-0.4, -0.2) is 38.1 Å². The van der Waals surface area contributed by atoms with Crippen LogP contribution >= 0.6 is 0 Å². The van der Waals surface area contributed by atoms with Gasteiger partial charge in [0, 0.05) is 36.7 Å². The summed E-state index contributed by atoms with van der Waals surface area (Å²) in [5.41, 5.74) is -1.71. The van der Waals surface area contributed by atoms with Crippen LogP contribution in [0.4, 0.5) is 19.0 Å². The van der Waals surface area contributed by atoms with E-state index in [0.29, 0.717) is 55.5 Å². The van der Waals surface area contributed by atoms with Crippen molar-refractivity contribution >= 4 is 16.9 Å². The summed E-state index contributed by atoms with van der Waals surface area (Å²) in [5, 5.41) is 13.4. The molecule has 11 heteroatoms. The van der Waals surface area contributed by atoms with Crippen LogP contribution in [0.5, 0.6) is 0 Å². The number of hydrogen-bond acceptors (Lipinski definition) is 6. The van der Waals surface area contributed by atoms with Crippen molar-refractivity contribution < 1.29 is 13.2 Å². The maximum Gasteiger partial charge on any atom is 0.351 e. The molecule has 1 N–H and O–H groups in total. The largest absolute Gasteiger partial charge is 0.363 e. The monoisotopic (exact) mass is 594 g/mol. The van der Waals surface area contributed by atoms with Gasteiger partial charge in [0.05, 0.1) is 28.5 Å². The van der Waals surface area contributed by atoms with E-state index < -0.39 is 40.4 Å². The van der Waals surface area contributed by atoms with E-state index in [1.54, 1.807) is 20.0 Å². The Kier molecular flexibility index (Phi) is 7.40. The highest BCUT2D eigenvalue weighted by Crippen LogP contribution is 2.47. The first-order chi connectivity index (χ1) is 20.5. The molecule has 0 spiro atoms. The second kappa shape index (κ2) is 10.8. The molecule has 3 aromatic rings. The van der Waals surface area contributed by atoms with Crippen molar-refractivity contribution in [2.24, 2.45) is 13.0 Å². The highest BCUT2D eigenvalue weighted by Gasteiger charge is 2.48. The molecular formula is C32H37F3N6O2. The molecule has 2 atom stereocenters. The standard InChI is InChI=1S/C32H37F3N6O2/c1-19-7-4-5-14-41-28-23(17-25(29(42)39(28)3)31(18-36)12-13-31)27(38-30(41)43)37-20(2)22-8-6-9-24(26(22)33)32(34,35)21-10-15-40(19)16-11-21/h6,8-9,17,19-21H,4-5,7,10-16H2,1-3H3,(H,37,38,43)/t19?,20-/m1/s1. The van der Waals surface area contributed by atoms with Crippen molar-refractivity contribution in [1.82, 2.24) is 19.0 Å². The third kappa shape index (κ3) is 4.93. The average Bonchev–Trinajstić information content (AvgIpc) is 3.79. The third-order valence-electron chi connectivity index (χ3n) is 9.94. The number of aryl methyl sites for hydroxylation is 2. The zero-order valence-corrected chi connectivity index (χ0v) is 24.8. The molecule has 1 aliphatic carbocycles. The zero-order chi connectivity index (χ0) is 30.7. The van der Waals surface area contributed by atoms with Crippen LogP contribution in [0.1, 0.15) is 81.5 Å². The van der Waals surface area contributed by atoms with E-state index in [4.69, 9.17) is 0 Å². The van der Waals surface area contributed by atoms with Crippen molar-refractivity contribution in [1.29, 1.82) is 5.26 Å². The number of nitrogens with zero attached hydrogens (tertiary/aromatic N) is 5. The summed E-state index contributed by atoms with van der Waals surface area (Å²) in [6.45, 7) is 5.09. The Hall–Kier alpha value is -3.65. The second-order valence-corrected chi connectivity index (χ2v) is 12.6. The van der Waals surface area contributed by atoms with Gasteiger partial charge in [-0.15, -0.1) is 0 Å². The van der Waals surface area contributed by atoms with Crippen LogP contribution in [0.15, 0.2) is 33.9 Å². The molecule has 6 bridgehead atoms. The molecule has 1 saturated heterocycles. The number of nitriles is 1. The van der Waals surface area contributed by atoms with Gasteiger partial charge in [0.2, 0.25) is 0 Å². The predicted octanol–water partition coefficient (Wildman–Crippen LogP) is 5.34. The molecule has 1 aromatic carbocycles. The fourth-order valence-electron chi connectivity index (χ4n) is 7.00. The molecule has 228 valence electrons. The van der Waals surface area contributed by atoms with E-state index in [-0.39, 0.29) is 35.8 Å². The minimum absolute atomic E-state index is 0.0287. The first-order valence-corrected chi connectivity index (χ1v) is 15.2. The third-order valence-corrected chi connectivity index (χ3v) is 9.94. The van der Waals surface area contributed by atoms with Crippen molar-refractivity contribution in [2.75, 3.05) is 18.4 Å². The zero-order valence-electron chi connectivity index (χ0n) is 24.8. The summed E-state index contributed by atoms with van der Waals surface area (Å²) >= 11 is 0. The fourth-order valence-corrected chi connectivity index (χ4v) is 7.00. The van der Waals surface area contributed by atoms with E-state index in [1.165, 1.54) is 21.3 Å². The molecule has 43 heavy (non-hydrogen) atoms. The molecule has 5 aliphatic heterocycles. The van der Waals surface area contributed by atoms with Gasteiger partial charge in [-0.25, -0.2) is 18.0 Å². The minimum Gasteiger partial charge on any atom is -0.363 e. The normalized spacial score (nSPS) is 26.6. The van der Waals surface area contributed by atoms with Gasteiger partial charge in [0.1, 0.15) is 17.3 Å². The number of aromatic nitrogens is 3. The number of alkyl halides is 2. The molecule has 0 radical (unpaired) electrons. The Balaban J connectivity index is 1.52. The Bertz CT molecular complexity index is 1730. The molecule has 6 aliphatic rings. The lowest BCUT2D eigenvalue weighted by molar-refractivity contribution is -0.0907. The molecule has 2 fully saturated rings. The van der Waals surface area contributed by atoms with Gasteiger partial charge in [-0.3, -0.25) is 13.9 Å². The number of anilines is 1. The van der Waals surface area contributed by atoms with Crippen molar-refractivity contribution in [2.45, 2.75) is 88.8 Å². The van der Waals surface area contributed by atoms with Gasteiger partial charge in [0.15, 0.2) is 0 Å². The van der Waals surface area contributed by atoms with Crippen LogP contribution in [0.2, 0.25) is 0 Å². The van der Waals surface area contributed by atoms with E-state index in [2.05, 4.69) is 28.2 Å². The van der Waals surface area contributed by atoms with E-state index >= 15 is 13.2 Å². The van der Waals surface area contributed by atoms with Gasteiger partial charge >= 0.3 is 5.69 Å². The maximum absolute atomic E-state index is 15.9. The van der Waals surface area contributed by atoms with Gasteiger partial charge in [-0.05, 0) is 71.5 Å². The number of halogens is 3. The van der Waals surface area contributed by atoms with Gasteiger partial charge in [-0.2, -0.15) is 10.2 Å². The van der Waals surface area contributed by atoms with E-state index in [0.717, 1.165) is 18.9 Å². The fraction of sp³-hybridized carbons (Fsp3) is 0.562. The highest BCUT2D eigenvalue weighted by molar-refractivity contribution is 5.88. The summed E-state index contributed by atoms with van der Waals surface area (Å²) in [6.07, 6.45) is 3.95. The lowest BCUT2D eigenvalue weighted by atomic mass is 9.84. The Morgan fingerprint density at radius 1 is 1.05 bits per heavy atom. The van der Waals surface area contributed by atoms with Crippen LogP contribution in [0, 0.1) is 23.1 Å². The second-order valence-electron chi connectivity index (χ2n) is 12.6. The summed E-state index contributed by atoms with van der Waals surface area (Å²) in [5.74, 6) is -5.16. The number of rotatable bonds is 1. The molecule has 7 heterocycles. The number of nitrogens with one attached hydrogen (secondary N) is 1. The van der Waals surface area contributed by atoms with Gasteiger partial charge in [-0.1, -0.05) is 24.6 Å². The number of piperidine rings is 1. The Morgan fingerprint density at radius 2 is 1.77 bits per heavy atom. The number of pyridine rings is 1. The summed E-state index contributed by atoms with van der Waals surface area (Å²) in [4.78, 5) is 33.5. The molecule has 1 saturated carbocycles. The smallest absolute Gasteiger partial charge is 0.351 e. The number of hydrogen-bond donors (Lipinski definition) is 1. The van der Waals surface area contributed by atoms with Gasteiger partial charge < -0.3 is 10.2 Å². The first-order valence-electron chi connectivity index (χ1n) is 15.2. The molecular weight excluding hydrogens is 557 g/mol. The lowest BCUT2D eigenvalue weighted by Gasteiger charge is -2.39. The van der Waals surface area contributed by atoms with Gasteiger partial charge in [0.25, 0.3) is 11.5 Å². The van der Waals surface area contributed by atoms with E-state index in [9.17, 15) is 14.9 Å². The maximum atomic E-state index is 15.9. The Labute approximate surface area is 248 Å². The molecule has 2 aromatic heterocycles. The Morgan fingerprint density at radius 3 is 2.44 bits per heavy atom. The minimum atomic E-state index is -3.34. The summed E-state index contributed by atoms with van der Waals surface area (Å²) in [6, 6.07) is 7.30. The molecule has 0 amide bonds. The molecule has 9 rings (SSSR count). The predicted molar refractivity (Wildman–Crippen MR) is 158 cm³/mol. The average molecular weight is 595 g/mol. The first kappa shape index (κ1) is 29.4. The summed E-state index contributed by atoms with van der Waals surface area (Å²) < 4.78 is 50.6. The van der Waals surface area contributed by atoms with Crippen molar-refractivity contribution in [3.8, 4) is 6.07 Å². The lowest BCUT2D eigenvalue weighted by Crippen LogP contribution is -2.43. The molecule has 8 nitrogen and oxygen atoms in total. The van der Waals surface area contributed by atoms with Crippen molar-refractivity contribution in [3.05, 3.63) is 67.6 Å². The SMILES string of the molecule is CC1CCCCn2c(=O)nc(c3cc(C4(C#N)CC4)c(=O)n(C)c32)N[C@H](C)c2cccc(c2F)C(F)(F)C2CCN1CC2. The van der Waals surface area contributed by atoms with E-state index in [1.807, 2.05) is 0 Å². The summed E-state index contributed by atoms with van der Waals surface area (Å²) in [7, 11) is 1.58. The quantitative estimate of drug-likeness (QED) is 0.409. The van der Waals surface area contributed by atoms with Crippen molar-refractivity contribution in [3.63, 3.8) is 0 Å². The van der Waals surface area contributed by atoms with Crippen LogP contribution in [0.25, 0.3) is 11.0 Å². The van der Waals surface area contributed by atoms with Crippen LogP contribution in [0.3, 0.4) is 0 Å². The topological polar surface area (TPSA) is 96.0 Å². The highest BCUT2D eigenvalue weighted by atomic mass is 19.3. The van der Waals surface area contributed by atoms with Crippen LogP contribution in [-0.2, 0) is 24.9 Å². The van der Waals surface area contributed by atoms with Crippen LogP contribution < -0.4 is 16.6 Å². The molecule has 1 unspecified atom stereocenters.